The minimum atomic E-state index is -0.280. The highest BCUT2D eigenvalue weighted by Crippen LogP contribution is 2.36. The third-order valence-corrected chi connectivity index (χ3v) is 9.03. The number of para-hydroxylation sites is 3. The number of aromatic nitrogens is 2. The number of hydrogen-bond donors (Lipinski definition) is 1. The molecule has 3 heterocycles. The van der Waals surface area contributed by atoms with Crippen LogP contribution in [0.1, 0.15) is 28.4 Å². The van der Waals surface area contributed by atoms with E-state index < -0.39 is 0 Å². The molecule has 220 valence electrons. The minimum absolute atomic E-state index is 0.280. The molecule has 0 fully saturated rings. The summed E-state index contributed by atoms with van der Waals surface area (Å²) < 4.78 is 4.64. The molecule has 0 aliphatic carbocycles. The molecule has 0 bridgehead atoms. The van der Waals surface area contributed by atoms with E-state index in [1.807, 2.05) is 6.07 Å². The van der Waals surface area contributed by atoms with E-state index >= 15 is 0 Å². The predicted molar refractivity (Wildman–Crippen MR) is 191 cm³/mol. The van der Waals surface area contributed by atoms with Crippen LogP contribution < -0.4 is 5.32 Å². The molecule has 8 aromatic rings. The molecule has 0 saturated carbocycles. The molecule has 9 rings (SSSR count). The number of fused-ring (bicyclic) bond motifs is 6. The van der Waals surface area contributed by atoms with E-state index in [1.54, 1.807) is 0 Å². The lowest BCUT2D eigenvalue weighted by molar-refractivity contribution is 0.661. The average molecular weight is 594 g/mol. The maximum absolute atomic E-state index is 5.22. The quantitative estimate of drug-likeness (QED) is 0.218. The molecule has 1 atom stereocenters. The van der Waals surface area contributed by atoms with Crippen molar-refractivity contribution in [3.8, 4) is 5.69 Å². The second-order valence-corrected chi connectivity index (χ2v) is 12.1. The van der Waals surface area contributed by atoms with Crippen molar-refractivity contribution >= 4 is 55.4 Å². The monoisotopic (exact) mass is 593 g/mol. The van der Waals surface area contributed by atoms with Crippen LogP contribution in [0, 0.1) is 13.8 Å². The zero-order valence-electron chi connectivity index (χ0n) is 25.6. The first kappa shape index (κ1) is 26.5. The summed E-state index contributed by atoms with van der Waals surface area (Å²) in [7, 11) is 0. The molecule has 46 heavy (non-hydrogen) atoms. The van der Waals surface area contributed by atoms with Crippen LogP contribution in [0.5, 0.6) is 0 Å². The van der Waals surface area contributed by atoms with Gasteiger partial charge in [-0.05, 0) is 67.9 Å². The second kappa shape index (κ2) is 10.3. The molecule has 0 saturated heterocycles. The molecule has 1 unspecified atom stereocenters. The number of amidine groups is 1. The lowest BCUT2D eigenvalue weighted by atomic mass is 10.1. The first-order valence-electron chi connectivity index (χ1n) is 15.7. The molecular formula is C41H31N5. The van der Waals surface area contributed by atoms with Crippen molar-refractivity contribution in [2.75, 3.05) is 0 Å². The summed E-state index contributed by atoms with van der Waals surface area (Å²) in [6.07, 6.45) is -0.280. The Morgan fingerprint density at radius 1 is 0.522 bits per heavy atom. The van der Waals surface area contributed by atoms with Gasteiger partial charge in [0.2, 0.25) is 5.96 Å². The van der Waals surface area contributed by atoms with Gasteiger partial charge < -0.3 is 9.88 Å². The van der Waals surface area contributed by atoms with Crippen LogP contribution in [0.25, 0.3) is 49.3 Å². The molecule has 0 amide bonds. The Balaban J connectivity index is 1.27. The Morgan fingerprint density at radius 3 is 1.72 bits per heavy atom. The van der Waals surface area contributed by atoms with Gasteiger partial charge in [0.1, 0.15) is 6.17 Å². The van der Waals surface area contributed by atoms with Crippen molar-refractivity contribution < 1.29 is 0 Å². The predicted octanol–water partition coefficient (Wildman–Crippen LogP) is 9.46. The van der Waals surface area contributed by atoms with Crippen molar-refractivity contribution in [3.63, 3.8) is 0 Å². The summed E-state index contributed by atoms with van der Waals surface area (Å²) >= 11 is 0. The van der Waals surface area contributed by atoms with Crippen LogP contribution in [0.4, 0.5) is 0 Å². The molecule has 5 heteroatoms. The highest BCUT2D eigenvalue weighted by Gasteiger charge is 2.24. The van der Waals surface area contributed by atoms with Gasteiger partial charge in [-0.1, -0.05) is 102 Å². The van der Waals surface area contributed by atoms with E-state index in [-0.39, 0.29) is 6.17 Å². The SMILES string of the molecule is Cc1cc(C)cc(C2=NC(c3ccccc3)NC(n3c4ccccc4c4cc(-n5c6ccccc6c6ccccc65)ccc43)=N2)c1. The van der Waals surface area contributed by atoms with Crippen molar-refractivity contribution in [1.29, 1.82) is 0 Å². The van der Waals surface area contributed by atoms with Gasteiger partial charge in [0.05, 0.1) is 22.1 Å². The molecule has 1 aliphatic heterocycles. The zero-order valence-corrected chi connectivity index (χ0v) is 25.6. The fraction of sp³-hybridized carbons (Fsp3) is 0.0732. The molecule has 0 radical (unpaired) electrons. The Hall–Kier alpha value is -5.94. The van der Waals surface area contributed by atoms with Gasteiger partial charge in [0.15, 0.2) is 5.84 Å². The second-order valence-electron chi connectivity index (χ2n) is 12.1. The Labute approximate surface area is 266 Å². The molecule has 2 aromatic heterocycles. The third-order valence-electron chi connectivity index (χ3n) is 9.03. The van der Waals surface area contributed by atoms with Gasteiger partial charge in [0.25, 0.3) is 0 Å². The first-order valence-corrected chi connectivity index (χ1v) is 15.7. The van der Waals surface area contributed by atoms with Crippen LogP contribution in [-0.2, 0) is 0 Å². The fourth-order valence-corrected chi connectivity index (χ4v) is 7.12. The van der Waals surface area contributed by atoms with Crippen LogP contribution in [-0.4, -0.2) is 20.9 Å². The van der Waals surface area contributed by atoms with Crippen molar-refractivity contribution in [2.24, 2.45) is 9.98 Å². The van der Waals surface area contributed by atoms with E-state index in [9.17, 15) is 0 Å². The zero-order chi connectivity index (χ0) is 30.8. The van der Waals surface area contributed by atoms with Gasteiger partial charge in [-0.15, -0.1) is 0 Å². The summed E-state index contributed by atoms with van der Waals surface area (Å²) in [6.45, 7) is 4.25. The number of rotatable bonds is 3. The van der Waals surface area contributed by atoms with Crippen molar-refractivity contribution in [2.45, 2.75) is 20.0 Å². The van der Waals surface area contributed by atoms with Gasteiger partial charge in [0, 0.05) is 32.8 Å². The van der Waals surface area contributed by atoms with Crippen molar-refractivity contribution in [3.05, 3.63) is 162 Å². The van der Waals surface area contributed by atoms with E-state index in [0.29, 0.717) is 0 Å². The minimum Gasteiger partial charge on any atom is -0.330 e. The average Bonchev–Trinajstić information content (AvgIpc) is 3.61. The maximum Gasteiger partial charge on any atom is 0.211 e. The maximum atomic E-state index is 5.22. The summed E-state index contributed by atoms with van der Waals surface area (Å²) in [6, 6.07) is 49.6. The normalized spacial score (nSPS) is 15.0. The molecular weight excluding hydrogens is 562 g/mol. The molecule has 5 nitrogen and oxygen atoms in total. The van der Waals surface area contributed by atoms with Gasteiger partial charge in [-0.2, -0.15) is 4.99 Å². The number of aliphatic imine (C=N–C) groups is 2. The van der Waals surface area contributed by atoms with Gasteiger partial charge in [-0.25, -0.2) is 4.99 Å². The fourth-order valence-electron chi connectivity index (χ4n) is 7.12. The van der Waals surface area contributed by atoms with Crippen LogP contribution >= 0.6 is 0 Å². The largest absolute Gasteiger partial charge is 0.330 e. The number of nitrogens with zero attached hydrogens (tertiary/aromatic N) is 4. The van der Waals surface area contributed by atoms with E-state index in [0.717, 1.165) is 39.6 Å². The van der Waals surface area contributed by atoms with Gasteiger partial charge >= 0.3 is 0 Å². The smallest absolute Gasteiger partial charge is 0.211 e. The number of nitrogens with one attached hydrogen (secondary N) is 1. The Bertz CT molecular complexity index is 2460. The molecule has 1 N–H and O–H groups in total. The summed E-state index contributed by atoms with van der Waals surface area (Å²) in [5.41, 5.74) is 10.2. The number of benzene rings is 6. The Morgan fingerprint density at radius 2 is 1.07 bits per heavy atom. The molecule has 0 spiro atoms. The lowest BCUT2D eigenvalue weighted by Gasteiger charge is -2.25. The van der Waals surface area contributed by atoms with Gasteiger partial charge in [-0.3, -0.25) is 4.57 Å². The standard InChI is InChI=1S/C41H31N5/c1-26-22-27(2)24-29(23-26)40-42-39(28-12-4-3-5-13-28)43-41(44-40)46-37-19-11-8-16-33(37)34-25-30(20-21-38(34)46)45-35-17-9-6-14-31(35)32-15-7-10-18-36(32)45/h3-25,39H,1-2H3,(H,42,43,44). The summed E-state index contributed by atoms with van der Waals surface area (Å²) in [5, 5.41) is 8.56. The Kier molecular flexibility index (Phi) is 5.93. The highest BCUT2D eigenvalue weighted by atomic mass is 15.3. The van der Waals surface area contributed by atoms with Crippen LogP contribution in [0.3, 0.4) is 0 Å². The van der Waals surface area contributed by atoms with Crippen LogP contribution in [0.15, 0.2) is 150 Å². The first-order chi connectivity index (χ1) is 22.6. The number of aryl methyl sites for hydroxylation is 2. The van der Waals surface area contributed by atoms with Crippen molar-refractivity contribution in [1.82, 2.24) is 14.5 Å². The lowest BCUT2D eigenvalue weighted by Crippen LogP contribution is -2.37. The summed E-state index contributed by atoms with van der Waals surface area (Å²) in [4.78, 5) is 10.4. The molecule has 1 aliphatic rings. The number of hydrogen-bond acceptors (Lipinski definition) is 3. The van der Waals surface area contributed by atoms with E-state index in [2.05, 4.69) is 162 Å². The van der Waals surface area contributed by atoms with Crippen LogP contribution in [0.2, 0.25) is 0 Å². The van der Waals surface area contributed by atoms with E-state index in [1.165, 1.54) is 43.7 Å². The molecule has 6 aromatic carbocycles. The third kappa shape index (κ3) is 4.16. The topological polar surface area (TPSA) is 46.6 Å². The highest BCUT2D eigenvalue weighted by molar-refractivity contribution is 6.18. The summed E-state index contributed by atoms with van der Waals surface area (Å²) in [5.74, 6) is 1.48. The van der Waals surface area contributed by atoms with E-state index in [4.69, 9.17) is 9.98 Å².